The maximum Gasteiger partial charge on any atom is 0.490 e. The van der Waals surface area contributed by atoms with Crippen molar-refractivity contribution in [1.82, 2.24) is 58.9 Å². The third-order valence-corrected chi connectivity index (χ3v) is 17.6. The van der Waals surface area contributed by atoms with Gasteiger partial charge in [-0.1, -0.05) is 0 Å². The second kappa shape index (κ2) is 22.1. The van der Waals surface area contributed by atoms with Crippen LogP contribution in [0.1, 0.15) is 25.6 Å². The van der Waals surface area contributed by atoms with Gasteiger partial charge in [-0.2, -0.15) is 28.1 Å². The number of nitrogen functional groups attached to an aromatic ring is 3. The first kappa shape index (κ1) is 58.8. The number of carbonyl (C=O) groups excluding carboxylic acids is 1. The van der Waals surface area contributed by atoms with Gasteiger partial charge in [0.1, 0.15) is 42.7 Å². The summed E-state index contributed by atoms with van der Waals surface area (Å²) in [7, 11) is -21.2. The van der Waals surface area contributed by atoms with Crippen LogP contribution < -0.4 is 43.8 Å². The number of anilines is 3. The van der Waals surface area contributed by atoms with Crippen molar-refractivity contribution in [2.24, 2.45) is 13.0 Å². The highest BCUT2D eigenvalue weighted by Gasteiger charge is 2.54. The molecule has 6 aromatic rings. The van der Waals surface area contributed by atoms with Crippen molar-refractivity contribution in [2.75, 3.05) is 50.7 Å². The van der Waals surface area contributed by atoms with E-state index in [1.807, 2.05) is 0 Å². The average Bonchev–Trinajstić information content (AvgIpc) is 4.27. The van der Waals surface area contributed by atoms with Crippen molar-refractivity contribution < 1.29 is 108 Å². The second-order valence-corrected chi connectivity index (χ2v) is 23.8. The fourth-order valence-electron chi connectivity index (χ4n) is 8.96. The summed E-state index contributed by atoms with van der Waals surface area (Å²) in [5.41, 5.74) is 13.9. The predicted octanol–water partition coefficient (Wildman–Crippen LogP) is -5.03. The predicted molar refractivity (Wildman–Crippen MR) is 258 cm³/mol. The molecule has 438 valence electrons. The minimum atomic E-state index is -6.26. The zero-order valence-electron chi connectivity index (χ0n) is 41.0. The lowest BCUT2D eigenvalue weighted by Gasteiger charge is -2.26. The number of aromatic amines is 3. The minimum Gasteiger partial charge on any atom is -0.387 e. The van der Waals surface area contributed by atoms with Gasteiger partial charge in [-0.05, 0) is 0 Å². The molecule has 5 unspecified atom stereocenters. The highest BCUT2D eigenvalue weighted by Crippen LogP contribution is 2.68. The van der Waals surface area contributed by atoms with E-state index in [0.717, 1.165) is 35.8 Å². The molecule has 3 aliphatic heterocycles. The summed E-state index contributed by atoms with van der Waals surface area (Å²) < 4.78 is 110. The van der Waals surface area contributed by atoms with Gasteiger partial charge in [-0.3, -0.25) is 61.4 Å². The second-order valence-electron chi connectivity index (χ2n) is 17.8. The largest absolute Gasteiger partial charge is 0.490 e. The Bertz CT molecular complexity index is 3740. The third kappa shape index (κ3) is 12.0. The molecule has 6 aromatic heterocycles. The molecule has 17 N–H and O–H groups in total. The number of phosphoric acid groups is 4. The molecular formula is C35H49N16O25P4+. The fourth-order valence-corrected chi connectivity index (χ4v) is 13.4. The Kier molecular flexibility index (Phi) is 16.3. The molecule has 3 saturated heterocycles. The van der Waals surface area contributed by atoms with Gasteiger partial charge in [0.2, 0.25) is 36.3 Å². The lowest BCUT2D eigenvalue weighted by Crippen LogP contribution is -2.38. The number of carbonyl (C=O) groups is 1. The standard InChI is InChI=1S/C35H48N16O25P4/c1-11(52)39-4-12-13(71-30(19(12)53)51-10-48(2)18-26(51)44-35(38)47-29(18)58)5-69-78(61,62)75-80(65,66)76-79(63,64)70-7-15-22(23(67-3)32(73-15)50-9-41-17-25(50)43-34(37)46-28(17)57)74-77(59,60)68-6-14-20(54)21(55)31(72-14)49-8-40-16-24(49)42-33(36)45-27(16)56/h8-10,12-15,19-23,30-32,53-55H,4-7H2,1-3H3,(H13-,36,37,38,39,42,43,44,45,46,47,52,56,57,58,59,60,61,62,63,64,65,66)/p+1/t12-,13-,14-,15-,19-,20-,21-,22-,23-,30?,31-,32-/m1/s1. The molecule has 0 radical (unpaired) electrons. The number of hydrogen-bond donors (Lipinski definition) is 14. The number of aromatic nitrogens is 12. The number of ether oxygens (including phenoxy) is 4. The van der Waals surface area contributed by atoms with Crippen LogP contribution in [0.4, 0.5) is 17.8 Å². The van der Waals surface area contributed by atoms with Crippen LogP contribution in [0.3, 0.4) is 0 Å². The van der Waals surface area contributed by atoms with Gasteiger partial charge >= 0.3 is 36.9 Å². The molecule has 0 saturated carbocycles. The van der Waals surface area contributed by atoms with E-state index in [2.05, 4.69) is 53.8 Å². The van der Waals surface area contributed by atoms with Gasteiger partial charge in [0.15, 0.2) is 34.8 Å². The zero-order chi connectivity index (χ0) is 58.1. The van der Waals surface area contributed by atoms with Crippen LogP contribution in [0.2, 0.25) is 0 Å². The van der Waals surface area contributed by atoms with E-state index in [9.17, 15) is 72.3 Å². The Balaban J connectivity index is 0.883. The number of phosphoric ester groups is 3. The first-order valence-electron chi connectivity index (χ1n) is 22.8. The van der Waals surface area contributed by atoms with Gasteiger partial charge in [0.05, 0.1) is 45.6 Å². The van der Waals surface area contributed by atoms with E-state index < -0.39 is 153 Å². The van der Waals surface area contributed by atoms with Crippen molar-refractivity contribution in [1.29, 1.82) is 0 Å². The molecule has 3 fully saturated rings. The number of aryl methyl sites for hydroxylation is 1. The number of methoxy groups -OCH3 is 1. The van der Waals surface area contributed by atoms with Crippen molar-refractivity contribution >= 4 is 88.5 Å². The average molecular weight is 1220 g/mol. The SMILES string of the molecule is CO[C@@H]1[C@H](OP(=O)(O)OC[C@H]2O[C@@H](n3cnc4c(=O)[nH]c(N)nc43)[C@H](O)[C@@H]2O)[C@@H](COP(=O)(O)OP(=O)(O)OP(=O)(O)OC[C@H]2OC(n3c[n+](C)c4c(=O)[nH]c(N)nc43)[C@H](O)[C@@H]2CNC(C)=O)O[C@H]1n1cnc2c(=O)[nH]c(N)nc21. The van der Waals surface area contributed by atoms with Crippen molar-refractivity contribution in [3.8, 4) is 0 Å². The van der Waals surface area contributed by atoms with Crippen LogP contribution in [0.15, 0.2) is 33.4 Å². The van der Waals surface area contributed by atoms with Gasteiger partial charge in [-0.15, -0.1) is 0 Å². The Labute approximate surface area is 442 Å². The van der Waals surface area contributed by atoms with Gasteiger partial charge < -0.3 is 76.4 Å². The highest BCUT2D eigenvalue weighted by atomic mass is 31.3. The number of aliphatic hydroxyl groups excluding tert-OH is 3. The van der Waals surface area contributed by atoms with E-state index in [4.69, 9.17) is 54.2 Å². The summed E-state index contributed by atoms with van der Waals surface area (Å²) in [6, 6.07) is 0. The first-order chi connectivity index (χ1) is 37.5. The lowest BCUT2D eigenvalue weighted by molar-refractivity contribution is -0.646. The number of hydrogen-bond acceptors (Lipinski definition) is 29. The number of aliphatic hydroxyl groups is 3. The van der Waals surface area contributed by atoms with E-state index in [-0.39, 0.29) is 51.9 Å². The molecule has 0 aromatic carbocycles. The van der Waals surface area contributed by atoms with Gasteiger partial charge in [-0.25, -0.2) is 32.8 Å². The van der Waals surface area contributed by atoms with Crippen LogP contribution in [0, 0.1) is 5.92 Å². The normalized spacial score (nSPS) is 29.2. The van der Waals surface area contributed by atoms with Crippen LogP contribution in [0.25, 0.3) is 33.5 Å². The summed E-state index contributed by atoms with van der Waals surface area (Å²) in [4.78, 5) is 119. The molecule has 9 rings (SSSR count). The number of rotatable bonds is 21. The molecule has 16 atom stereocenters. The maximum atomic E-state index is 13.7. The van der Waals surface area contributed by atoms with E-state index >= 15 is 0 Å². The number of nitrogens with one attached hydrogen (secondary N) is 4. The van der Waals surface area contributed by atoms with E-state index in [0.29, 0.717) is 0 Å². The van der Waals surface area contributed by atoms with Crippen LogP contribution in [-0.4, -0.2) is 177 Å². The number of nitrogens with two attached hydrogens (primary N) is 3. The summed E-state index contributed by atoms with van der Waals surface area (Å²) in [6.45, 7) is -2.60. The smallest absolute Gasteiger partial charge is 0.387 e. The molecule has 0 spiro atoms. The molecule has 1 amide bonds. The van der Waals surface area contributed by atoms with Gasteiger partial charge in [0.25, 0.3) is 22.3 Å². The Morgan fingerprint density at radius 3 is 1.70 bits per heavy atom. The van der Waals surface area contributed by atoms with Crippen molar-refractivity contribution in [3.05, 3.63) is 50.0 Å². The number of fused-ring (bicyclic) bond motifs is 3. The first-order valence-corrected chi connectivity index (χ1v) is 28.8. The molecule has 80 heavy (non-hydrogen) atoms. The Hall–Kier alpha value is -5.84. The Morgan fingerprint density at radius 1 is 0.662 bits per heavy atom. The minimum absolute atomic E-state index is 0.0104. The zero-order valence-corrected chi connectivity index (χ0v) is 44.6. The summed E-state index contributed by atoms with van der Waals surface area (Å²) >= 11 is 0. The molecule has 9 heterocycles. The lowest BCUT2D eigenvalue weighted by atomic mass is 9.98. The third-order valence-electron chi connectivity index (χ3n) is 12.4. The monoisotopic (exact) mass is 1220 g/mol. The molecule has 0 bridgehead atoms. The van der Waals surface area contributed by atoms with Crippen LogP contribution in [0.5, 0.6) is 0 Å². The van der Waals surface area contributed by atoms with Gasteiger partial charge in [0, 0.05) is 26.5 Å². The van der Waals surface area contributed by atoms with Crippen molar-refractivity contribution in [2.45, 2.75) is 74.4 Å². The molecule has 3 aliphatic rings. The molecule has 45 heteroatoms. The van der Waals surface area contributed by atoms with Crippen LogP contribution in [-0.2, 0) is 75.8 Å². The maximum absolute atomic E-state index is 13.7. The molecule has 0 aliphatic carbocycles. The summed E-state index contributed by atoms with van der Waals surface area (Å²) in [6.07, 6.45) is -15.1. The number of H-pyrrole nitrogens is 3. The topological polar surface area (TPSA) is 591 Å². The number of imidazole rings is 3. The van der Waals surface area contributed by atoms with E-state index in [1.165, 1.54) is 22.5 Å². The number of amides is 1. The molecular weight excluding hydrogens is 1170 g/mol. The molecule has 41 nitrogen and oxygen atoms in total. The fraction of sp³-hybridized carbons (Fsp3) is 0.543. The van der Waals surface area contributed by atoms with Crippen molar-refractivity contribution in [3.63, 3.8) is 0 Å². The highest BCUT2D eigenvalue weighted by molar-refractivity contribution is 7.66. The number of nitrogens with zero attached hydrogens (tertiary/aromatic N) is 9. The summed E-state index contributed by atoms with van der Waals surface area (Å²) in [5.74, 6) is -2.79. The summed E-state index contributed by atoms with van der Waals surface area (Å²) in [5, 5.41) is 35.6. The Morgan fingerprint density at radius 2 is 1.14 bits per heavy atom. The van der Waals surface area contributed by atoms with E-state index in [1.54, 1.807) is 0 Å². The van der Waals surface area contributed by atoms with Crippen LogP contribution >= 0.6 is 31.3 Å². The quantitative estimate of drug-likeness (QED) is 0.0237.